The number of benzene rings is 1. The minimum absolute atomic E-state index is 0.680. The van der Waals surface area contributed by atoms with Crippen LogP contribution in [-0.4, -0.2) is 4.98 Å². The number of nitrogens with one attached hydrogen (secondary N) is 1. The molecule has 2 aromatic rings. The zero-order chi connectivity index (χ0) is 12.1. The summed E-state index contributed by atoms with van der Waals surface area (Å²) in [4.78, 5) is 3.97. The lowest BCUT2D eigenvalue weighted by molar-refractivity contribution is 1.12. The Morgan fingerprint density at radius 1 is 1.24 bits per heavy atom. The minimum atomic E-state index is 0.680. The summed E-state index contributed by atoms with van der Waals surface area (Å²) < 4.78 is 0. The van der Waals surface area contributed by atoms with E-state index in [1.54, 1.807) is 12.4 Å². The maximum absolute atomic E-state index is 9.04. The van der Waals surface area contributed by atoms with Crippen molar-refractivity contribution in [3.63, 3.8) is 0 Å². The van der Waals surface area contributed by atoms with Crippen molar-refractivity contribution >= 4 is 5.69 Å². The van der Waals surface area contributed by atoms with Gasteiger partial charge in [-0.25, -0.2) is 0 Å². The first-order chi connectivity index (χ1) is 8.31. The van der Waals surface area contributed by atoms with E-state index >= 15 is 0 Å². The van der Waals surface area contributed by atoms with E-state index in [2.05, 4.69) is 16.4 Å². The Kier molecular flexibility index (Phi) is 3.37. The quantitative estimate of drug-likeness (QED) is 0.870. The molecule has 1 aromatic heterocycles. The number of aryl methyl sites for hydroxylation is 1. The van der Waals surface area contributed by atoms with Crippen LogP contribution in [-0.2, 0) is 6.54 Å². The Labute approximate surface area is 101 Å². The average Bonchev–Trinajstić information content (AvgIpc) is 2.38. The predicted molar refractivity (Wildman–Crippen MR) is 67.5 cm³/mol. The Morgan fingerprint density at radius 2 is 2.00 bits per heavy atom. The van der Waals surface area contributed by atoms with Gasteiger partial charge in [-0.15, -0.1) is 0 Å². The first-order valence-corrected chi connectivity index (χ1v) is 5.44. The first kappa shape index (κ1) is 11.2. The maximum atomic E-state index is 9.04. The van der Waals surface area contributed by atoms with Gasteiger partial charge < -0.3 is 5.32 Å². The second-order valence-electron chi connectivity index (χ2n) is 3.82. The van der Waals surface area contributed by atoms with Crippen LogP contribution < -0.4 is 5.32 Å². The molecule has 0 fully saturated rings. The lowest BCUT2D eigenvalue weighted by Gasteiger charge is -2.10. The molecule has 1 N–H and O–H groups in total. The lowest BCUT2D eigenvalue weighted by Crippen LogP contribution is -2.03. The van der Waals surface area contributed by atoms with Crippen molar-refractivity contribution in [2.24, 2.45) is 0 Å². The Hall–Kier alpha value is -2.34. The molecule has 0 spiro atoms. The fourth-order valence-electron chi connectivity index (χ4n) is 1.69. The normalized spacial score (nSPS) is 9.65. The smallest absolute Gasteiger partial charge is 0.101 e. The molecule has 0 aliphatic carbocycles. The summed E-state index contributed by atoms with van der Waals surface area (Å²) in [6, 6.07) is 11.8. The number of rotatable bonds is 3. The molecule has 17 heavy (non-hydrogen) atoms. The van der Waals surface area contributed by atoms with E-state index in [4.69, 9.17) is 5.26 Å². The Balaban J connectivity index is 2.17. The summed E-state index contributed by atoms with van der Waals surface area (Å²) in [6.07, 6.45) is 3.53. The van der Waals surface area contributed by atoms with Crippen molar-refractivity contribution in [3.8, 4) is 6.07 Å². The molecule has 3 heteroatoms. The minimum Gasteiger partial charge on any atom is -0.380 e. The van der Waals surface area contributed by atoms with Gasteiger partial charge in [0.25, 0.3) is 0 Å². The van der Waals surface area contributed by atoms with Crippen LogP contribution >= 0.6 is 0 Å². The van der Waals surface area contributed by atoms with Gasteiger partial charge in [0.1, 0.15) is 6.07 Å². The van der Waals surface area contributed by atoms with E-state index in [1.807, 2.05) is 37.3 Å². The van der Waals surface area contributed by atoms with Crippen LogP contribution in [0.5, 0.6) is 0 Å². The molecule has 0 radical (unpaired) electrons. The number of nitriles is 1. The van der Waals surface area contributed by atoms with E-state index in [0.29, 0.717) is 12.1 Å². The van der Waals surface area contributed by atoms with Crippen molar-refractivity contribution in [1.82, 2.24) is 4.98 Å². The fourth-order valence-corrected chi connectivity index (χ4v) is 1.69. The van der Waals surface area contributed by atoms with Crippen molar-refractivity contribution in [2.75, 3.05) is 5.32 Å². The largest absolute Gasteiger partial charge is 0.380 e. The zero-order valence-electron chi connectivity index (χ0n) is 9.64. The number of anilines is 1. The second kappa shape index (κ2) is 5.13. The molecule has 0 aliphatic rings. The molecule has 0 saturated heterocycles. The molecule has 0 amide bonds. The number of para-hydroxylation sites is 1. The monoisotopic (exact) mass is 223 g/mol. The molecule has 0 atom stereocenters. The van der Waals surface area contributed by atoms with Gasteiger partial charge in [0.05, 0.1) is 11.3 Å². The highest BCUT2D eigenvalue weighted by Gasteiger charge is 2.04. The number of aromatic nitrogens is 1. The molecule has 84 valence electrons. The molecule has 0 saturated carbocycles. The van der Waals surface area contributed by atoms with Crippen molar-refractivity contribution < 1.29 is 0 Å². The summed E-state index contributed by atoms with van der Waals surface area (Å²) in [6.45, 7) is 2.69. The van der Waals surface area contributed by atoms with Crippen molar-refractivity contribution in [1.29, 1.82) is 5.26 Å². The lowest BCUT2D eigenvalue weighted by atomic mass is 10.1. The van der Waals surface area contributed by atoms with E-state index in [0.717, 1.165) is 16.8 Å². The highest BCUT2D eigenvalue weighted by molar-refractivity contribution is 5.62. The van der Waals surface area contributed by atoms with Gasteiger partial charge in [0.15, 0.2) is 0 Å². The molecule has 0 aliphatic heterocycles. The van der Waals surface area contributed by atoms with Crippen LogP contribution in [0.1, 0.15) is 16.7 Å². The number of pyridine rings is 1. The summed E-state index contributed by atoms with van der Waals surface area (Å²) in [5.74, 6) is 0. The number of hydrogen-bond acceptors (Lipinski definition) is 3. The van der Waals surface area contributed by atoms with Crippen LogP contribution in [0.25, 0.3) is 0 Å². The second-order valence-corrected chi connectivity index (χ2v) is 3.82. The van der Waals surface area contributed by atoms with Gasteiger partial charge in [0, 0.05) is 18.9 Å². The van der Waals surface area contributed by atoms with Gasteiger partial charge in [-0.05, 0) is 36.2 Å². The van der Waals surface area contributed by atoms with Gasteiger partial charge in [-0.2, -0.15) is 5.26 Å². The molecular weight excluding hydrogens is 210 g/mol. The summed E-state index contributed by atoms with van der Waals surface area (Å²) >= 11 is 0. The van der Waals surface area contributed by atoms with Crippen LogP contribution in [0.2, 0.25) is 0 Å². The third-order valence-corrected chi connectivity index (χ3v) is 2.61. The zero-order valence-corrected chi connectivity index (χ0v) is 9.64. The molecule has 1 heterocycles. The summed E-state index contributed by atoms with van der Waals surface area (Å²) in [7, 11) is 0. The van der Waals surface area contributed by atoms with E-state index in [9.17, 15) is 0 Å². The van der Waals surface area contributed by atoms with Crippen LogP contribution in [0, 0.1) is 18.3 Å². The highest BCUT2D eigenvalue weighted by Crippen LogP contribution is 2.20. The standard InChI is InChI=1S/C14H13N3/c1-11-3-2-4-13(9-15)14(11)17-10-12-5-7-16-8-6-12/h2-8,17H,10H2,1H3. The number of nitrogens with zero attached hydrogens (tertiary/aromatic N) is 2. The molecular formula is C14H13N3. The third-order valence-electron chi connectivity index (χ3n) is 2.61. The van der Waals surface area contributed by atoms with E-state index in [1.165, 1.54) is 0 Å². The van der Waals surface area contributed by atoms with E-state index < -0.39 is 0 Å². The molecule has 2 rings (SSSR count). The van der Waals surface area contributed by atoms with Crippen molar-refractivity contribution in [3.05, 3.63) is 59.4 Å². The Bertz CT molecular complexity index is 541. The average molecular weight is 223 g/mol. The number of hydrogen-bond donors (Lipinski definition) is 1. The van der Waals surface area contributed by atoms with Gasteiger partial charge >= 0.3 is 0 Å². The predicted octanol–water partition coefficient (Wildman–Crippen LogP) is 2.87. The molecule has 3 nitrogen and oxygen atoms in total. The van der Waals surface area contributed by atoms with Crippen LogP contribution in [0.15, 0.2) is 42.7 Å². The van der Waals surface area contributed by atoms with Gasteiger partial charge in [0.2, 0.25) is 0 Å². The molecule has 0 unspecified atom stereocenters. The van der Waals surface area contributed by atoms with Crippen LogP contribution in [0.3, 0.4) is 0 Å². The summed E-state index contributed by atoms with van der Waals surface area (Å²) in [5.41, 5.74) is 3.82. The highest BCUT2D eigenvalue weighted by atomic mass is 14.9. The fraction of sp³-hybridized carbons (Fsp3) is 0.143. The van der Waals surface area contributed by atoms with Crippen molar-refractivity contribution in [2.45, 2.75) is 13.5 Å². The van der Waals surface area contributed by atoms with Gasteiger partial charge in [-0.3, -0.25) is 4.98 Å². The molecule has 0 bridgehead atoms. The topological polar surface area (TPSA) is 48.7 Å². The first-order valence-electron chi connectivity index (χ1n) is 5.44. The SMILES string of the molecule is Cc1cccc(C#N)c1NCc1ccncc1. The van der Waals surface area contributed by atoms with Crippen LogP contribution in [0.4, 0.5) is 5.69 Å². The van der Waals surface area contributed by atoms with Gasteiger partial charge in [-0.1, -0.05) is 12.1 Å². The summed E-state index contributed by atoms with van der Waals surface area (Å²) in [5, 5.41) is 12.3. The molecule has 1 aromatic carbocycles. The maximum Gasteiger partial charge on any atom is 0.101 e. The van der Waals surface area contributed by atoms with E-state index in [-0.39, 0.29) is 0 Å². The Morgan fingerprint density at radius 3 is 2.71 bits per heavy atom. The third kappa shape index (κ3) is 2.61.